The van der Waals surface area contributed by atoms with Crippen LogP contribution in [0.15, 0.2) is 23.2 Å². The van der Waals surface area contributed by atoms with E-state index in [0.717, 1.165) is 44.1 Å². The van der Waals surface area contributed by atoms with E-state index < -0.39 is 0 Å². The van der Waals surface area contributed by atoms with Gasteiger partial charge in [0.05, 0.1) is 0 Å². The predicted octanol–water partition coefficient (Wildman–Crippen LogP) is 3.45. The Hall–Kier alpha value is -0.240. The highest BCUT2D eigenvalue weighted by Crippen LogP contribution is 2.39. The van der Waals surface area contributed by atoms with E-state index in [4.69, 9.17) is 27.9 Å². The highest BCUT2D eigenvalue weighted by Gasteiger charge is 2.36. The van der Waals surface area contributed by atoms with E-state index in [1.165, 1.54) is 0 Å². The maximum atomic E-state index is 6.44. The summed E-state index contributed by atoms with van der Waals surface area (Å²) in [7, 11) is 3.60. The van der Waals surface area contributed by atoms with E-state index in [-0.39, 0.29) is 29.4 Å². The van der Waals surface area contributed by atoms with Crippen molar-refractivity contribution < 1.29 is 4.74 Å². The lowest BCUT2D eigenvalue weighted by Crippen LogP contribution is -2.47. The summed E-state index contributed by atoms with van der Waals surface area (Å²) in [6, 6.07) is 5.73. The molecule has 1 fully saturated rings. The lowest BCUT2D eigenvalue weighted by Gasteiger charge is -2.38. The molecule has 0 amide bonds. The summed E-state index contributed by atoms with van der Waals surface area (Å²) in [5.41, 5.74) is 1.06. The molecule has 2 N–H and O–H groups in total. The van der Waals surface area contributed by atoms with Crippen LogP contribution >= 0.6 is 47.2 Å². The number of nitrogens with one attached hydrogen (secondary N) is 2. The molecule has 7 heteroatoms. The molecule has 1 aliphatic heterocycles. The largest absolute Gasteiger partial charge is 0.381 e. The zero-order valence-electron chi connectivity index (χ0n) is 12.8. The van der Waals surface area contributed by atoms with Crippen molar-refractivity contribution in [2.75, 3.05) is 33.9 Å². The first-order valence-electron chi connectivity index (χ1n) is 7.03. The van der Waals surface area contributed by atoms with E-state index >= 15 is 0 Å². The first-order chi connectivity index (χ1) is 10.1. The summed E-state index contributed by atoms with van der Waals surface area (Å²) in [4.78, 5) is 4.16. The van der Waals surface area contributed by atoms with Crippen LogP contribution in [0.4, 0.5) is 0 Å². The fourth-order valence-corrected chi connectivity index (χ4v) is 3.36. The molecule has 0 saturated carbocycles. The summed E-state index contributed by atoms with van der Waals surface area (Å²) < 4.78 is 5.53. The van der Waals surface area contributed by atoms with Gasteiger partial charge in [-0.2, -0.15) is 0 Å². The van der Waals surface area contributed by atoms with Crippen LogP contribution in [-0.2, 0) is 10.2 Å². The number of aliphatic imine (C=N–C) groups is 1. The van der Waals surface area contributed by atoms with Gasteiger partial charge in [-0.1, -0.05) is 29.3 Å². The predicted molar refractivity (Wildman–Crippen MR) is 104 cm³/mol. The topological polar surface area (TPSA) is 45.7 Å². The third kappa shape index (κ3) is 4.63. The Balaban J connectivity index is 0.00000242. The molecule has 22 heavy (non-hydrogen) atoms. The Kier molecular flexibility index (Phi) is 8.24. The number of halogens is 3. The molecule has 0 bridgehead atoms. The Morgan fingerprint density at radius 3 is 2.55 bits per heavy atom. The standard InChI is InChI=1S/C15H21Cl2N3O.HI/c1-18-14(19-2)20-10-15(5-7-21-8-6-15)12-4-3-11(16)9-13(12)17;/h3-4,9H,5-8,10H2,1-2H3,(H2,18,19,20);1H. The number of nitrogens with zero attached hydrogens (tertiary/aromatic N) is 1. The van der Waals surface area contributed by atoms with Gasteiger partial charge in [-0.25, -0.2) is 0 Å². The van der Waals surface area contributed by atoms with Gasteiger partial charge < -0.3 is 15.4 Å². The lowest BCUT2D eigenvalue weighted by atomic mass is 9.74. The van der Waals surface area contributed by atoms with Crippen LogP contribution in [0.25, 0.3) is 0 Å². The number of rotatable bonds is 3. The minimum absolute atomic E-state index is 0. The normalized spacial score (nSPS) is 17.5. The molecule has 1 aromatic carbocycles. The van der Waals surface area contributed by atoms with Gasteiger partial charge in [-0.3, -0.25) is 4.99 Å². The average molecular weight is 458 g/mol. The van der Waals surface area contributed by atoms with Crippen molar-refractivity contribution in [1.29, 1.82) is 0 Å². The molecule has 1 aromatic rings. The van der Waals surface area contributed by atoms with Gasteiger partial charge in [0.1, 0.15) is 0 Å². The second kappa shape index (κ2) is 9.15. The fraction of sp³-hybridized carbons (Fsp3) is 0.533. The SMILES string of the molecule is CN=C(NC)NCC1(c2ccc(Cl)cc2Cl)CCOCC1.I. The quantitative estimate of drug-likeness (QED) is 0.415. The van der Waals surface area contributed by atoms with Crippen LogP contribution in [-0.4, -0.2) is 39.8 Å². The maximum Gasteiger partial charge on any atom is 0.190 e. The van der Waals surface area contributed by atoms with Crippen LogP contribution in [0.2, 0.25) is 10.0 Å². The zero-order valence-corrected chi connectivity index (χ0v) is 16.6. The van der Waals surface area contributed by atoms with Gasteiger partial charge in [0.2, 0.25) is 0 Å². The van der Waals surface area contributed by atoms with Gasteiger partial charge in [0.15, 0.2) is 5.96 Å². The minimum atomic E-state index is -0.0628. The molecule has 0 aliphatic carbocycles. The van der Waals surface area contributed by atoms with E-state index in [0.29, 0.717) is 10.0 Å². The lowest BCUT2D eigenvalue weighted by molar-refractivity contribution is 0.0514. The van der Waals surface area contributed by atoms with E-state index in [1.54, 1.807) is 7.05 Å². The van der Waals surface area contributed by atoms with Crippen molar-refractivity contribution in [2.24, 2.45) is 4.99 Å². The summed E-state index contributed by atoms with van der Waals surface area (Å²) in [5, 5.41) is 7.77. The van der Waals surface area contributed by atoms with E-state index in [2.05, 4.69) is 15.6 Å². The van der Waals surface area contributed by atoms with Crippen molar-refractivity contribution in [1.82, 2.24) is 10.6 Å². The molecule has 4 nitrogen and oxygen atoms in total. The number of ether oxygens (including phenoxy) is 1. The van der Waals surface area contributed by atoms with Crippen LogP contribution < -0.4 is 10.6 Å². The number of guanidine groups is 1. The Labute approximate surface area is 159 Å². The fourth-order valence-electron chi connectivity index (χ4n) is 2.76. The van der Waals surface area contributed by atoms with Crippen molar-refractivity contribution in [3.05, 3.63) is 33.8 Å². The van der Waals surface area contributed by atoms with Gasteiger partial charge in [-0.05, 0) is 30.5 Å². The Morgan fingerprint density at radius 1 is 1.32 bits per heavy atom. The molecule has 0 radical (unpaired) electrons. The summed E-state index contributed by atoms with van der Waals surface area (Å²) >= 11 is 12.5. The molecule has 0 spiro atoms. The number of benzene rings is 1. The molecule has 1 aliphatic rings. The minimum Gasteiger partial charge on any atom is -0.381 e. The molecular weight excluding hydrogens is 436 g/mol. The monoisotopic (exact) mass is 457 g/mol. The van der Waals surface area contributed by atoms with Gasteiger partial charge in [0.25, 0.3) is 0 Å². The maximum absolute atomic E-state index is 6.44. The van der Waals surface area contributed by atoms with Crippen LogP contribution in [0, 0.1) is 0 Å². The second-order valence-electron chi connectivity index (χ2n) is 5.19. The van der Waals surface area contributed by atoms with Gasteiger partial charge in [0, 0.05) is 49.3 Å². The highest BCUT2D eigenvalue weighted by atomic mass is 127. The summed E-state index contributed by atoms with van der Waals surface area (Å²) in [6.07, 6.45) is 1.84. The highest BCUT2D eigenvalue weighted by molar-refractivity contribution is 14.0. The van der Waals surface area contributed by atoms with Crippen molar-refractivity contribution in [3.8, 4) is 0 Å². The van der Waals surface area contributed by atoms with Crippen molar-refractivity contribution in [2.45, 2.75) is 18.3 Å². The first-order valence-corrected chi connectivity index (χ1v) is 7.78. The average Bonchev–Trinajstić information content (AvgIpc) is 2.49. The summed E-state index contributed by atoms with van der Waals surface area (Å²) in [6.45, 7) is 2.23. The molecule has 1 heterocycles. The molecule has 0 unspecified atom stereocenters. The van der Waals surface area contributed by atoms with Crippen LogP contribution in [0.3, 0.4) is 0 Å². The van der Waals surface area contributed by atoms with Gasteiger partial charge >= 0.3 is 0 Å². The van der Waals surface area contributed by atoms with Crippen molar-refractivity contribution in [3.63, 3.8) is 0 Å². The van der Waals surface area contributed by atoms with Crippen LogP contribution in [0.5, 0.6) is 0 Å². The molecule has 1 saturated heterocycles. The third-order valence-electron chi connectivity index (χ3n) is 4.01. The number of hydrogen-bond acceptors (Lipinski definition) is 2. The van der Waals surface area contributed by atoms with Crippen molar-refractivity contribution >= 4 is 53.1 Å². The van der Waals surface area contributed by atoms with Crippen LogP contribution in [0.1, 0.15) is 18.4 Å². The summed E-state index contributed by atoms with van der Waals surface area (Å²) in [5.74, 6) is 0.769. The molecule has 2 rings (SSSR count). The zero-order chi connectivity index (χ0) is 15.3. The van der Waals surface area contributed by atoms with Gasteiger partial charge in [-0.15, -0.1) is 24.0 Å². The number of hydrogen-bond donors (Lipinski definition) is 2. The second-order valence-corrected chi connectivity index (χ2v) is 6.04. The first kappa shape index (κ1) is 19.8. The molecule has 0 atom stereocenters. The molecular formula is C15H22Cl2IN3O. The Bertz CT molecular complexity index is 520. The molecule has 0 aromatic heterocycles. The Morgan fingerprint density at radius 2 is 2.00 bits per heavy atom. The smallest absolute Gasteiger partial charge is 0.190 e. The van der Waals surface area contributed by atoms with E-state index in [1.807, 2.05) is 25.2 Å². The van der Waals surface area contributed by atoms with E-state index in [9.17, 15) is 0 Å². The molecule has 124 valence electrons. The third-order valence-corrected chi connectivity index (χ3v) is 4.55.